The molecule has 0 spiro atoms. The van der Waals surface area contributed by atoms with Gasteiger partial charge in [-0.1, -0.05) is 18.2 Å². The van der Waals surface area contributed by atoms with E-state index in [1.807, 2.05) is 29.6 Å². The Bertz CT molecular complexity index is 847. The lowest BCUT2D eigenvalue weighted by Gasteiger charge is -2.32. The lowest BCUT2D eigenvalue weighted by molar-refractivity contribution is -0.153. The first-order valence-corrected chi connectivity index (χ1v) is 8.77. The van der Waals surface area contributed by atoms with Gasteiger partial charge in [-0.05, 0) is 23.8 Å². The second kappa shape index (κ2) is 7.02. The third kappa shape index (κ3) is 3.12. The summed E-state index contributed by atoms with van der Waals surface area (Å²) in [5, 5.41) is 5.24. The molecule has 1 aliphatic rings. The first-order valence-electron chi connectivity index (χ1n) is 7.89. The summed E-state index contributed by atoms with van der Waals surface area (Å²) in [6, 6.07) is 5.94. The van der Waals surface area contributed by atoms with Crippen molar-refractivity contribution in [1.82, 2.24) is 15.1 Å². The van der Waals surface area contributed by atoms with Crippen molar-refractivity contribution in [3.63, 3.8) is 0 Å². The second-order valence-electron chi connectivity index (χ2n) is 5.59. The number of hydrogen-bond acceptors (Lipinski definition) is 5. The van der Waals surface area contributed by atoms with Crippen LogP contribution in [0.4, 0.5) is 4.79 Å². The average Bonchev–Trinajstić information content (AvgIpc) is 3.05. The number of aldehydes is 1. The second-order valence-corrected chi connectivity index (χ2v) is 6.50. The van der Waals surface area contributed by atoms with Gasteiger partial charge in [0, 0.05) is 29.9 Å². The molecule has 1 saturated heterocycles. The van der Waals surface area contributed by atoms with Gasteiger partial charge >= 0.3 is 17.8 Å². The third-order valence-electron chi connectivity index (χ3n) is 4.20. The predicted octanol–water partition coefficient (Wildman–Crippen LogP) is 1.54. The van der Waals surface area contributed by atoms with Crippen LogP contribution in [0, 0.1) is 0 Å². The molecule has 3 rings (SSSR count). The number of likely N-dealkylation sites (N-methyl/N-ethyl adjacent to an activating group) is 1. The van der Waals surface area contributed by atoms with Crippen molar-refractivity contribution in [2.24, 2.45) is 0 Å². The van der Waals surface area contributed by atoms with Crippen molar-refractivity contribution in [3.8, 4) is 0 Å². The number of nitrogens with one attached hydrogen (secondary N) is 1. The molecule has 8 heteroatoms. The smallest absolute Gasteiger partial charge is 0.325 e. The number of rotatable bonds is 4. The number of urea groups is 1. The normalized spacial score (nSPS) is 16.2. The summed E-state index contributed by atoms with van der Waals surface area (Å²) >= 11 is 1.47. The molecule has 25 heavy (non-hydrogen) atoms. The van der Waals surface area contributed by atoms with Crippen LogP contribution in [0.25, 0.3) is 10.1 Å². The molecule has 1 aliphatic heterocycles. The van der Waals surface area contributed by atoms with E-state index < -0.39 is 23.9 Å². The average molecular weight is 359 g/mol. The standard InChI is InChI=1S/C17H17N3O4S/c1-2-19-7-8-20(16(23)15(19)22)17(24)18-13(9-21)12-10-25-14-6-4-3-5-11(12)14/h3-6,9-10,13H,2,7-8H2,1H3,(H,18,24). The Morgan fingerprint density at radius 2 is 2.04 bits per heavy atom. The Labute approximate surface area is 148 Å². The minimum atomic E-state index is -0.879. The fourth-order valence-electron chi connectivity index (χ4n) is 2.81. The van der Waals surface area contributed by atoms with E-state index in [2.05, 4.69) is 5.32 Å². The molecular formula is C17H17N3O4S. The highest BCUT2D eigenvalue weighted by molar-refractivity contribution is 7.17. The van der Waals surface area contributed by atoms with Gasteiger partial charge in [-0.15, -0.1) is 11.3 Å². The predicted molar refractivity (Wildman–Crippen MR) is 93.1 cm³/mol. The van der Waals surface area contributed by atoms with Gasteiger partial charge in [-0.25, -0.2) is 4.79 Å². The highest BCUT2D eigenvalue weighted by atomic mass is 32.1. The lowest BCUT2D eigenvalue weighted by atomic mass is 10.1. The van der Waals surface area contributed by atoms with Gasteiger partial charge in [-0.2, -0.15) is 0 Å². The van der Waals surface area contributed by atoms with Crippen LogP contribution in [0.3, 0.4) is 0 Å². The van der Waals surface area contributed by atoms with Crippen LogP contribution in [-0.4, -0.2) is 53.6 Å². The monoisotopic (exact) mass is 359 g/mol. The van der Waals surface area contributed by atoms with E-state index in [0.29, 0.717) is 24.9 Å². The number of carbonyl (C=O) groups is 4. The van der Waals surface area contributed by atoms with Crippen LogP contribution >= 0.6 is 11.3 Å². The Morgan fingerprint density at radius 1 is 1.28 bits per heavy atom. The molecule has 2 aromatic rings. The Balaban J connectivity index is 1.78. The van der Waals surface area contributed by atoms with Crippen molar-refractivity contribution in [1.29, 1.82) is 0 Å². The van der Waals surface area contributed by atoms with Crippen molar-refractivity contribution >= 4 is 45.6 Å². The largest absolute Gasteiger partial charge is 0.333 e. The van der Waals surface area contributed by atoms with Gasteiger partial charge in [-0.3, -0.25) is 14.5 Å². The van der Waals surface area contributed by atoms with E-state index in [4.69, 9.17) is 0 Å². The van der Waals surface area contributed by atoms with E-state index in [1.54, 1.807) is 6.92 Å². The van der Waals surface area contributed by atoms with E-state index in [1.165, 1.54) is 16.2 Å². The number of piperazine rings is 1. The highest BCUT2D eigenvalue weighted by Crippen LogP contribution is 2.29. The van der Waals surface area contributed by atoms with E-state index in [0.717, 1.165) is 15.0 Å². The molecule has 1 atom stereocenters. The van der Waals surface area contributed by atoms with Gasteiger partial charge in [0.05, 0.1) is 0 Å². The van der Waals surface area contributed by atoms with Gasteiger partial charge < -0.3 is 15.0 Å². The van der Waals surface area contributed by atoms with Gasteiger partial charge in [0.2, 0.25) is 0 Å². The number of nitrogens with zero attached hydrogens (tertiary/aromatic N) is 2. The highest BCUT2D eigenvalue weighted by Gasteiger charge is 2.36. The molecule has 2 heterocycles. The maximum atomic E-state index is 12.4. The van der Waals surface area contributed by atoms with E-state index >= 15 is 0 Å². The zero-order valence-electron chi connectivity index (χ0n) is 13.6. The Kier molecular flexibility index (Phi) is 4.80. The quantitative estimate of drug-likeness (QED) is 0.663. The SMILES string of the molecule is CCN1CCN(C(=O)NC(C=O)c2csc3ccccc23)C(=O)C1=O. The number of amides is 4. The minimum Gasteiger partial charge on any atom is -0.333 e. The van der Waals surface area contributed by atoms with Crippen LogP contribution < -0.4 is 5.32 Å². The first kappa shape index (κ1) is 17.1. The molecular weight excluding hydrogens is 342 g/mol. The third-order valence-corrected chi connectivity index (χ3v) is 5.18. The van der Waals surface area contributed by atoms with Crippen LogP contribution in [0.5, 0.6) is 0 Å². The summed E-state index contributed by atoms with van der Waals surface area (Å²) in [6.07, 6.45) is 0.626. The Hall–Kier alpha value is -2.74. The molecule has 1 aromatic heterocycles. The molecule has 1 N–H and O–H groups in total. The molecule has 0 bridgehead atoms. The van der Waals surface area contributed by atoms with E-state index in [-0.39, 0.29) is 6.54 Å². The zero-order chi connectivity index (χ0) is 18.0. The summed E-state index contributed by atoms with van der Waals surface area (Å²) in [5.41, 5.74) is 0.676. The molecule has 0 saturated carbocycles. The van der Waals surface area contributed by atoms with E-state index in [9.17, 15) is 19.2 Å². The van der Waals surface area contributed by atoms with Crippen molar-refractivity contribution in [3.05, 3.63) is 35.2 Å². The lowest BCUT2D eigenvalue weighted by Crippen LogP contribution is -2.58. The van der Waals surface area contributed by atoms with Gasteiger partial charge in [0.1, 0.15) is 12.3 Å². The molecule has 0 aliphatic carbocycles. The maximum absolute atomic E-state index is 12.4. The number of hydrogen-bond donors (Lipinski definition) is 1. The summed E-state index contributed by atoms with van der Waals surface area (Å²) < 4.78 is 1.00. The topological polar surface area (TPSA) is 86.8 Å². The van der Waals surface area contributed by atoms with Gasteiger partial charge in [0.15, 0.2) is 0 Å². The first-order chi connectivity index (χ1) is 12.1. The number of thiophene rings is 1. The molecule has 0 radical (unpaired) electrons. The summed E-state index contributed by atoms with van der Waals surface area (Å²) in [5.74, 6) is -1.57. The van der Waals surface area contributed by atoms with Crippen molar-refractivity contribution in [2.75, 3.05) is 19.6 Å². The van der Waals surface area contributed by atoms with Crippen LogP contribution in [0.2, 0.25) is 0 Å². The van der Waals surface area contributed by atoms with Gasteiger partial charge in [0.25, 0.3) is 0 Å². The Morgan fingerprint density at radius 3 is 2.76 bits per heavy atom. The zero-order valence-corrected chi connectivity index (χ0v) is 14.4. The van der Waals surface area contributed by atoms with Crippen LogP contribution in [-0.2, 0) is 14.4 Å². The van der Waals surface area contributed by atoms with Crippen molar-refractivity contribution in [2.45, 2.75) is 13.0 Å². The maximum Gasteiger partial charge on any atom is 0.325 e. The minimum absolute atomic E-state index is 0.111. The summed E-state index contributed by atoms with van der Waals surface area (Å²) in [4.78, 5) is 50.2. The molecule has 1 fully saturated rings. The number of benzene rings is 1. The molecule has 1 unspecified atom stereocenters. The number of carbonyl (C=O) groups excluding carboxylic acids is 4. The molecule has 130 valence electrons. The summed E-state index contributed by atoms with van der Waals surface area (Å²) in [6.45, 7) is 2.59. The molecule has 4 amide bonds. The van der Waals surface area contributed by atoms with Crippen molar-refractivity contribution < 1.29 is 19.2 Å². The summed E-state index contributed by atoms with van der Waals surface area (Å²) in [7, 11) is 0. The number of imide groups is 1. The fraction of sp³-hybridized carbons (Fsp3) is 0.294. The van der Waals surface area contributed by atoms with Crippen LogP contribution in [0.1, 0.15) is 18.5 Å². The number of fused-ring (bicyclic) bond motifs is 1. The van der Waals surface area contributed by atoms with Crippen LogP contribution in [0.15, 0.2) is 29.6 Å². The molecule has 1 aromatic carbocycles. The molecule has 7 nitrogen and oxygen atoms in total. The fourth-order valence-corrected chi connectivity index (χ4v) is 3.80.